The number of carbonyl (C=O) groups is 1. The van der Waals surface area contributed by atoms with E-state index in [9.17, 15) is 13.2 Å². The highest BCUT2D eigenvalue weighted by atomic mass is 79.9. The third kappa shape index (κ3) is 5.22. The molecule has 0 bridgehead atoms. The van der Waals surface area contributed by atoms with Gasteiger partial charge in [-0.2, -0.15) is 0 Å². The van der Waals surface area contributed by atoms with E-state index in [4.69, 9.17) is 4.74 Å². The second kappa shape index (κ2) is 7.75. The lowest BCUT2D eigenvalue weighted by Crippen LogP contribution is -2.39. The molecule has 0 heterocycles. The minimum atomic E-state index is -3.54. The predicted octanol–water partition coefficient (Wildman–Crippen LogP) is 1.51. The molecule has 0 fully saturated rings. The number of hydrogen-bond donors (Lipinski definition) is 1. The van der Waals surface area contributed by atoms with Crippen molar-refractivity contribution in [2.45, 2.75) is 17.9 Å². The van der Waals surface area contributed by atoms with Crippen molar-refractivity contribution in [1.29, 1.82) is 0 Å². The van der Waals surface area contributed by atoms with Gasteiger partial charge < -0.3 is 10.1 Å². The van der Waals surface area contributed by atoms with Crippen LogP contribution in [0.2, 0.25) is 0 Å². The molecule has 7 heteroatoms. The molecular formula is C13H18BrNO4S. The standard InChI is InChI=1S/C13H18BrNO4S/c1-10(13(16)15-6-7-19-2)20(17,18)9-11-4-3-5-12(14)8-11/h3-5,8,10H,6-7,9H2,1-2H3,(H,15,16)/t10-/m0/s1. The third-order valence-electron chi connectivity index (χ3n) is 2.77. The Kier molecular flexibility index (Phi) is 6.64. The van der Waals surface area contributed by atoms with Crippen molar-refractivity contribution in [3.63, 3.8) is 0 Å². The fraction of sp³-hybridized carbons (Fsp3) is 0.462. The van der Waals surface area contributed by atoms with Crippen LogP contribution in [-0.2, 0) is 25.1 Å². The summed E-state index contributed by atoms with van der Waals surface area (Å²) >= 11 is 3.29. The van der Waals surface area contributed by atoms with Crippen LogP contribution in [0.4, 0.5) is 0 Å². The lowest BCUT2D eigenvalue weighted by Gasteiger charge is -2.13. The number of methoxy groups -OCH3 is 1. The Morgan fingerprint density at radius 1 is 1.45 bits per heavy atom. The molecule has 0 aromatic heterocycles. The van der Waals surface area contributed by atoms with Crippen molar-refractivity contribution in [2.75, 3.05) is 20.3 Å². The molecule has 1 rings (SSSR count). The number of ether oxygens (including phenoxy) is 1. The second-order valence-corrected chi connectivity index (χ2v) is 7.60. The van der Waals surface area contributed by atoms with Gasteiger partial charge in [-0.25, -0.2) is 8.42 Å². The monoisotopic (exact) mass is 363 g/mol. The lowest BCUT2D eigenvalue weighted by molar-refractivity contribution is -0.120. The minimum Gasteiger partial charge on any atom is -0.383 e. The SMILES string of the molecule is COCCNC(=O)[C@H](C)S(=O)(=O)Cc1cccc(Br)c1. The molecule has 0 aliphatic carbocycles. The molecule has 1 aromatic rings. The summed E-state index contributed by atoms with van der Waals surface area (Å²) in [6.07, 6.45) is 0. The Balaban J connectivity index is 2.70. The molecule has 1 N–H and O–H groups in total. The summed E-state index contributed by atoms with van der Waals surface area (Å²) in [5, 5.41) is 1.45. The largest absolute Gasteiger partial charge is 0.383 e. The number of amides is 1. The van der Waals surface area contributed by atoms with E-state index in [-0.39, 0.29) is 5.75 Å². The maximum absolute atomic E-state index is 12.2. The Labute approximate surface area is 127 Å². The Morgan fingerprint density at radius 3 is 2.75 bits per heavy atom. The van der Waals surface area contributed by atoms with Gasteiger partial charge in [-0.3, -0.25) is 4.79 Å². The number of halogens is 1. The van der Waals surface area contributed by atoms with E-state index >= 15 is 0 Å². The zero-order chi connectivity index (χ0) is 15.2. The molecule has 0 aliphatic heterocycles. The molecule has 0 aliphatic rings. The topological polar surface area (TPSA) is 72.5 Å². The average molecular weight is 364 g/mol. The van der Waals surface area contributed by atoms with Crippen LogP contribution in [0, 0.1) is 0 Å². The van der Waals surface area contributed by atoms with Gasteiger partial charge in [0.1, 0.15) is 5.25 Å². The lowest BCUT2D eigenvalue weighted by atomic mass is 10.2. The van der Waals surface area contributed by atoms with Crippen LogP contribution in [0.15, 0.2) is 28.7 Å². The Bertz CT molecular complexity index is 559. The van der Waals surface area contributed by atoms with Crippen molar-refractivity contribution < 1.29 is 17.9 Å². The van der Waals surface area contributed by atoms with Crippen molar-refractivity contribution in [3.8, 4) is 0 Å². The quantitative estimate of drug-likeness (QED) is 0.745. The number of benzene rings is 1. The average Bonchev–Trinajstić information content (AvgIpc) is 2.37. The maximum atomic E-state index is 12.2. The minimum absolute atomic E-state index is 0.161. The molecule has 1 atom stereocenters. The molecule has 20 heavy (non-hydrogen) atoms. The highest BCUT2D eigenvalue weighted by Crippen LogP contribution is 2.16. The highest BCUT2D eigenvalue weighted by Gasteiger charge is 2.27. The van der Waals surface area contributed by atoms with E-state index < -0.39 is 21.0 Å². The molecule has 0 saturated carbocycles. The number of rotatable bonds is 7. The smallest absolute Gasteiger partial charge is 0.238 e. The molecule has 1 aromatic carbocycles. The van der Waals surface area contributed by atoms with Gasteiger partial charge in [-0.15, -0.1) is 0 Å². The molecule has 0 unspecified atom stereocenters. The van der Waals surface area contributed by atoms with E-state index in [1.54, 1.807) is 18.2 Å². The van der Waals surface area contributed by atoms with Crippen molar-refractivity contribution in [2.24, 2.45) is 0 Å². The molecule has 0 spiro atoms. The first-order valence-corrected chi connectivity index (χ1v) is 8.60. The summed E-state index contributed by atoms with van der Waals surface area (Å²) in [4.78, 5) is 11.8. The van der Waals surface area contributed by atoms with Crippen LogP contribution in [0.3, 0.4) is 0 Å². The zero-order valence-electron chi connectivity index (χ0n) is 11.4. The summed E-state index contributed by atoms with van der Waals surface area (Å²) in [5.74, 6) is -0.664. The van der Waals surface area contributed by atoms with Gasteiger partial charge >= 0.3 is 0 Å². The van der Waals surface area contributed by atoms with E-state index in [0.717, 1.165) is 4.47 Å². The van der Waals surface area contributed by atoms with Crippen LogP contribution in [0.5, 0.6) is 0 Å². The van der Waals surface area contributed by atoms with E-state index in [2.05, 4.69) is 21.2 Å². The van der Waals surface area contributed by atoms with Gasteiger partial charge in [0, 0.05) is 18.1 Å². The van der Waals surface area contributed by atoms with Gasteiger partial charge in [0.15, 0.2) is 9.84 Å². The highest BCUT2D eigenvalue weighted by molar-refractivity contribution is 9.10. The normalized spacial score (nSPS) is 12.9. The molecule has 112 valence electrons. The number of carbonyl (C=O) groups excluding carboxylic acids is 1. The predicted molar refractivity (Wildman–Crippen MR) is 81.1 cm³/mol. The van der Waals surface area contributed by atoms with Crippen LogP contribution < -0.4 is 5.32 Å². The van der Waals surface area contributed by atoms with E-state index in [1.165, 1.54) is 14.0 Å². The zero-order valence-corrected chi connectivity index (χ0v) is 13.8. The molecule has 5 nitrogen and oxygen atoms in total. The van der Waals surface area contributed by atoms with Crippen LogP contribution in [0.1, 0.15) is 12.5 Å². The molecular weight excluding hydrogens is 346 g/mol. The summed E-state index contributed by atoms with van der Waals surface area (Å²) in [6.45, 7) is 2.05. The molecule has 0 radical (unpaired) electrons. The fourth-order valence-electron chi connectivity index (χ4n) is 1.57. The first kappa shape index (κ1) is 17.1. The number of nitrogens with one attached hydrogen (secondary N) is 1. The van der Waals surface area contributed by atoms with E-state index in [0.29, 0.717) is 18.7 Å². The fourth-order valence-corrected chi connectivity index (χ4v) is 3.32. The molecule has 0 saturated heterocycles. The first-order valence-electron chi connectivity index (χ1n) is 6.09. The van der Waals surface area contributed by atoms with Gasteiger partial charge in [0.05, 0.1) is 12.4 Å². The summed E-state index contributed by atoms with van der Waals surface area (Å²) in [6, 6.07) is 7.03. The number of sulfone groups is 1. The first-order chi connectivity index (χ1) is 9.36. The van der Waals surface area contributed by atoms with Crippen LogP contribution in [0.25, 0.3) is 0 Å². The van der Waals surface area contributed by atoms with Crippen molar-refractivity contribution >= 4 is 31.7 Å². The van der Waals surface area contributed by atoms with Gasteiger partial charge in [-0.05, 0) is 24.6 Å². The van der Waals surface area contributed by atoms with Gasteiger partial charge in [0.25, 0.3) is 0 Å². The number of hydrogen-bond acceptors (Lipinski definition) is 4. The van der Waals surface area contributed by atoms with Crippen LogP contribution in [-0.4, -0.2) is 39.8 Å². The van der Waals surface area contributed by atoms with Crippen molar-refractivity contribution in [1.82, 2.24) is 5.32 Å². The summed E-state index contributed by atoms with van der Waals surface area (Å²) in [7, 11) is -2.03. The molecule has 1 amide bonds. The van der Waals surface area contributed by atoms with Crippen LogP contribution >= 0.6 is 15.9 Å². The summed E-state index contributed by atoms with van der Waals surface area (Å²) < 4.78 is 30.0. The van der Waals surface area contributed by atoms with Gasteiger partial charge in [0.2, 0.25) is 5.91 Å². The third-order valence-corrected chi connectivity index (χ3v) is 5.29. The maximum Gasteiger partial charge on any atom is 0.238 e. The Morgan fingerprint density at radius 2 is 2.15 bits per heavy atom. The summed E-state index contributed by atoms with van der Waals surface area (Å²) in [5.41, 5.74) is 0.649. The van der Waals surface area contributed by atoms with Gasteiger partial charge in [-0.1, -0.05) is 28.1 Å². The Hall–Kier alpha value is -0.920. The van der Waals surface area contributed by atoms with Crippen molar-refractivity contribution in [3.05, 3.63) is 34.3 Å². The second-order valence-electron chi connectivity index (χ2n) is 4.36. The van der Waals surface area contributed by atoms with E-state index in [1.807, 2.05) is 6.07 Å².